The van der Waals surface area contributed by atoms with Crippen molar-refractivity contribution in [3.63, 3.8) is 0 Å². The Hall–Kier alpha value is -1.65. The third kappa shape index (κ3) is 3.70. The fourth-order valence-electron chi connectivity index (χ4n) is 2.63. The predicted octanol–water partition coefficient (Wildman–Crippen LogP) is 1.67. The number of amides is 1. The number of rotatable bonds is 4. The molecule has 0 aliphatic heterocycles. The molecule has 3 N–H and O–H groups in total. The fourth-order valence-corrected chi connectivity index (χ4v) is 3.43. The van der Waals surface area contributed by atoms with Crippen LogP contribution in [0.3, 0.4) is 0 Å². The summed E-state index contributed by atoms with van der Waals surface area (Å²) < 4.78 is 65.7. The quantitative estimate of drug-likeness (QED) is 0.845. The lowest BCUT2D eigenvalue weighted by molar-refractivity contribution is -0.120. The lowest BCUT2D eigenvalue weighted by Gasteiger charge is -2.15. The number of carbonyl (C=O) groups excluding carboxylic acids is 1. The number of halogens is 3. The van der Waals surface area contributed by atoms with E-state index in [4.69, 9.17) is 10.5 Å². The number of hydrogen-bond acceptors (Lipinski definition) is 5. The Morgan fingerprint density at radius 2 is 2.00 bits per heavy atom. The van der Waals surface area contributed by atoms with Gasteiger partial charge in [0.05, 0.1) is 16.9 Å². The molecule has 134 valence electrons. The first-order valence-corrected chi connectivity index (χ1v) is 8.55. The summed E-state index contributed by atoms with van der Waals surface area (Å²) in [5.74, 6) is -1.04. The molecular formula is C14H17F3N2O4S. The number of carbonyl (C=O) groups is 1. The molecule has 6 nitrogen and oxygen atoms in total. The van der Waals surface area contributed by atoms with Gasteiger partial charge < -0.3 is 15.8 Å². The molecule has 1 aromatic rings. The summed E-state index contributed by atoms with van der Waals surface area (Å²) in [6, 6.07) is 3.59. The average Bonchev–Trinajstić information content (AvgIpc) is 2.87. The number of ether oxygens (including phenoxy) is 1. The van der Waals surface area contributed by atoms with E-state index < -0.39 is 38.1 Å². The molecular weight excluding hydrogens is 349 g/mol. The van der Waals surface area contributed by atoms with Crippen LogP contribution in [0.15, 0.2) is 29.2 Å². The molecule has 3 atom stereocenters. The highest BCUT2D eigenvalue weighted by molar-refractivity contribution is 7.92. The number of nitrogens with two attached hydrogens (primary N) is 1. The van der Waals surface area contributed by atoms with Gasteiger partial charge in [0, 0.05) is 18.8 Å². The van der Waals surface area contributed by atoms with Crippen molar-refractivity contribution in [1.82, 2.24) is 0 Å². The van der Waals surface area contributed by atoms with Crippen molar-refractivity contribution in [2.24, 2.45) is 11.7 Å². The number of alkyl halides is 3. The Bertz CT molecular complexity index is 721. The Morgan fingerprint density at radius 3 is 2.54 bits per heavy atom. The van der Waals surface area contributed by atoms with Gasteiger partial charge in [-0.05, 0) is 31.0 Å². The number of methoxy groups -OCH3 is 1. The standard InChI is InChI=1S/C14H17F3N2O4S/c1-23-9-6-11(12(18)7-9)13(20)19-8-3-2-4-10(5-8)24(21,22)14(15,16)17/h2-5,9,11-12H,6-7,18H2,1H3,(H,19,20)/t9?,11-,12?/m0/s1. The van der Waals surface area contributed by atoms with Crippen molar-refractivity contribution in [3.05, 3.63) is 24.3 Å². The number of sulfone groups is 1. The van der Waals surface area contributed by atoms with Crippen molar-refractivity contribution in [2.45, 2.75) is 35.4 Å². The van der Waals surface area contributed by atoms with Crippen molar-refractivity contribution in [3.8, 4) is 0 Å². The third-order valence-electron chi connectivity index (χ3n) is 3.96. The van der Waals surface area contributed by atoms with Gasteiger partial charge in [0.25, 0.3) is 9.84 Å². The first-order chi connectivity index (χ1) is 11.1. The van der Waals surface area contributed by atoms with Gasteiger partial charge in [-0.3, -0.25) is 4.79 Å². The van der Waals surface area contributed by atoms with E-state index in [1.807, 2.05) is 0 Å². The molecule has 0 bridgehead atoms. The van der Waals surface area contributed by atoms with Gasteiger partial charge >= 0.3 is 5.51 Å². The van der Waals surface area contributed by atoms with Crippen LogP contribution in [0.5, 0.6) is 0 Å². The lowest BCUT2D eigenvalue weighted by Crippen LogP contribution is -2.34. The molecule has 1 aliphatic rings. The molecule has 0 saturated heterocycles. The minimum Gasteiger partial charge on any atom is -0.381 e. The summed E-state index contributed by atoms with van der Waals surface area (Å²) in [6.45, 7) is 0. The summed E-state index contributed by atoms with van der Waals surface area (Å²) >= 11 is 0. The maximum atomic E-state index is 12.6. The van der Waals surface area contributed by atoms with Crippen LogP contribution in [-0.4, -0.2) is 39.1 Å². The van der Waals surface area contributed by atoms with Crippen molar-refractivity contribution in [2.75, 3.05) is 12.4 Å². The van der Waals surface area contributed by atoms with Crippen molar-refractivity contribution < 1.29 is 31.1 Å². The maximum absolute atomic E-state index is 12.6. The zero-order valence-corrected chi connectivity index (χ0v) is 13.5. The molecule has 1 saturated carbocycles. The summed E-state index contributed by atoms with van der Waals surface area (Å²) in [5, 5.41) is 2.42. The number of hydrogen-bond donors (Lipinski definition) is 2. The molecule has 1 aliphatic carbocycles. The minimum atomic E-state index is -5.47. The van der Waals surface area contributed by atoms with Crippen LogP contribution in [0.2, 0.25) is 0 Å². The molecule has 2 unspecified atom stereocenters. The Labute approximate surface area is 137 Å². The normalized spacial score (nSPS) is 24.8. The monoisotopic (exact) mass is 366 g/mol. The Kier molecular flexibility index (Phi) is 5.21. The molecule has 1 aromatic carbocycles. The van der Waals surface area contributed by atoms with Crippen LogP contribution < -0.4 is 11.1 Å². The van der Waals surface area contributed by atoms with Crippen molar-refractivity contribution >= 4 is 21.4 Å². The molecule has 24 heavy (non-hydrogen) atoms. The van der Waals surface area contributed by atoms with E-state index >= 15 is 0 Å². The van der Waals surface area contributed by atoms with Crippen LogP contribution in [0.25, 0.3) is 0 Å². The van der Waals surface area contributed by atoms with Gasteiger partial charge in [0.1, 0.15) is 0 Å². The Morgan fingerprint density at radius 1 is 1.33 bits per heavy atom. The fraction of sp³-hybridized carbons (Fsp3) is 0.500. The van der Waals surface area contributed by atoms with Gasteiger partial charge in [-0.25, -0.2) is 8.42 Å². The molecule has 0 aromatic heterocycles. The second-order valence-electron chi connectivity index (χ2n) is 5.57. The number of nitrogens with one attached hydrogen (secondary N) is 1. The largest absolute Gasteiger partial charge is 0.501 e. The highest BCUT2D eigenvalue weighted by Gasteiger charge is 2.47. The van der Waals surface area contributed by atoms with E-state index in [1.54, 1.807) is 0 Å². The number of benzene rings is 1. The second-order valence-corrected chi connectivity index (χ2v) is 7.51. The van der Waals surface area contributed by atoms with Gasteiger partial charge in [-0.2, -0.15) is 13.2 Å². The van der Waals surface area contributed by atoms with E-state index in [-0.39, 0.29) is 11.8 Å². The average molecular weight is 366 g/mol. The number of anilines is 1. The van der Waals surface area contributed by atoms with Crippen LogP contribution in [-0.2, 0) is 19.4 Å². The summed E-state index contributed by atoms with van der Waals surface area (Å²) in [4.78, 5) is 11.3. The van der Waals surface area contributed by atoms with E-state index in [2.05, 4.69) is 5.32 Å². The van der Waals surface area contributed by atoms with Crippen LogP contribution in [0.4, 0.5) is 18.9 Å². The van der Waals surface area contributed by atoms with Gasteiger partial charge in [0.15, 0.2) is 0 Å². The van der Waals surface area contributed by atoms with Crippen LogP contribution in [0.1, 0.15) is 12.8 Å². The van der Waals surface area contributed by atoms with E-state index in [1.165, 1.54) is 13.2 Å². The molecule has 1 amide bonds. The summed E-state index contributed by atoms with van der Waals surface area (Å²) in [6.07, 6.45) is 0.730. The van der Waals surface area contributed by atoms with E-state index in [9.17, 15) is 26.4 Å². The van der Waals surface area contributed by atoms with Gasteiger partial charge in [-0.15, -0.1) is 0 Å². The highest BCUT2D eigenvalue weighted by atomic mass is 32.2. The maximum Gasteiger partial charge on any atom is 0.501 e. The lowest BCUT2D eigenvalue weighted by atomic mass is 10.0. The van der Waals surface area contributed by atoms with E-state index in [0.717, 1.165) is 18.2 Å². The zero-order chi connectivity index (χ0) is 18.1. The second kappa shape index (κ2) is 6.69. The SMILES string of the molecule is COC1CC(N)[C@@H](C(=O)Nc2cccc(S(=O)(=O)C(F)(F)F)c2)C1. The van der Waals surface area contributed by atoms with Gasteiger partial charge in [0.2, 0.25) is 5.91 Å². The third-order valence-corrected chi connectivity index (χ3v) is 5.44. The van der Waals surface area contributed by atoms with Crippen LogP contribution >= 0.6 is 0 Å². The minimum absolute atomic E-state index is 0.0432. The Balaban J connectivity index is 2.17. The molecule has 1 fully saturated rings. The molecule has 0 heterocycles. The first kappa shape index (κ1) is 18.7. The first-order valence-electron chi connectivity index (χ1n) is 7.07. The smallest absolute Gasteiger partial charge is 0.381 e. The van der Waals surface area contributed by atoms with Crippen molar-refractivity contribution in [1.29, 1.82) is 0 Å². The summed E-state index contributed by atoms with van der Waals surface area (Å²) in [7, 11) is -3.97. The zero-order valence-electron chi connectivity index (χ0n) is 12.7. The van der Waals surface area contributed by atoms with E-state index in [0.29, 0.717) is 12.8 Å². The molecule has 0 radical (unpaired) electrons. The van der Waals surface area contributed by atoms with Crippen LogP contribution in [0, 0.1) is 5.92 Å². The molecule has 2 rings (SSSR count). The van der Waals surface area contributed by atoms with Gasteiger partial charge in [-0.1, -0.05) is 6.07 Å². The predicted molar refractivity (Wildman–Crippen MR) is 79.8 cm³/mol. The summed E-state index contributed by atoms with van der Waals surface area (Å²) in [5.41, 5.74) is 0.420. The highest BCUT2D eigenvalue weighted by Crippen LogP contribution is 2.32. The topological polar surface area (TPSA) is 98.5 Å². The molecule has 0 spiro atoms. The molecule has 10 heteroatoms.